The summed E-state index contributed by atoms with van der Waals surface area (Å²) in [6, 6.07) is 5.72. The van der Waals surface area contributed by atoms with Crippen molar-refractivity contribution >= 4 is 23.5 Å². The number of nitrogens with one attached hydrogen (secondary N) is 2. The zero-order chi connectivity index (χ0) is 22.5. The molecule has 174 valence electrons. The van der Waals surface area contributed by atoms with Crippen LogP contribution in [0.4, 0.5) is 27.9 Å². The van der Waals surface area contributed by atoms with E-state index in [1.165, 1.54) is 44.6 Å². The molecule has 7 nitrogen and oxygen atoms in total. The first-order valence-corrected chi connectivity index (χ1v) is 12.1. The van der Waals surface area contributed by atoms with Gasteiger partial charge in [0, 0.05) is 24.3 Å². The maximum atomic E-state index is 14.0. The minimum Gasteiger partial charge on any atom is -0.368 e. The molecule has 0 radical (unpaired) electrons. The van der Waals surface area contributed by atoms with Crippen molar-refractivity contribution in [3.8, 4) is 0 Å². The molecule has 1 aliphatic carbocycles. The Bertz CT molecular complexity index is 894. The Kier molecular flexibility index (Phi) is 7.40. The van der Waals surface area contributed by atoms with E-state index in [0.717, 1.165) is 25.9 Å². The number of halogens is 1. The van der Waals surface area contributed by atoms with E-state index in [0.29, 0.717) is 41.1 Å². The zero-order valence-corrected chi connectivity index (χ0v) is 19.3. The zero-order valence-electron chi connectivity index (χ0n) is 19.3. The smallest absolute Gasteiger partial charge is 0.233 e. The van der Waals surface area contributed by atoms with Crippen LogP contribution in [0.1, 0.15) is 63.9 Å². The van der Waals surface area contributed by atoms with E-state index in [-0.39, 0.29) is 11.8 Å². The van der Waals surface area contributed by atoms with Gasteiger partial charge in [-0.1, -0.05) is 32.3 Å². The number of hydrogen-bond acceptors (Lipinski definition) is 7. The molecule has 32 heavy (non-hydrogen) atoms. The molecule has 2 fully saturated rings. The van der Waals surface area contributed by atoms with Crippen LogP contribution in [-0.4, -0.2) is 40.1 Å². The number of nitrogens with two attached hydrogens (primary N) is 1. The Morgan fingerprint density at radius 2 is 1.97 bits per heavy atom. The summed E-state index contributed by atoms with van der Waals surface area (Å²) in [5.41, 5.74) is 7.30. The van der Waals surface area contributed by atoms with Crippen LogP contribution in [0.3, 0.4) is 0 Å². The molecule has 8 heteroatoms. The molecular formula is C24H36FN7. The van der Waals surface area contributed by atoms with Crippen molar-refractivity contribution in [1.82, 2.24) is 20.3 Å². The normalized spacial score (nSPS) is 20.3. The second kappa shape index (κ2) is 10.4. The summed E-state index contributed by atoms with van der Waals surface area (Å²) in [6.07, 6.45) is 9.78. The first-order valence-electron chi connectivity index (χ1n) is 12.1. The van der Waals surface area contributed by atoms with E-state index >= 15 is 0 Å². The molecule has 0 amide bonds. The predicted octanol–water partition coefficient (Wildman–Crippen LogP) is 4.56. The van der Waals surface area contributed by atoms with Gasteiger partial charge in [-0.15, -0.1) is 0 Å². The molecule has 2 aromatic rings. The van der Waals surface area contributed by atoms with Crippen LogP contribution < -0.4 is 21.3 Å². The molecule has 1 saturated heterocycles. The maximum Gasteiger partial charge on any atom is 0.233 e. The number of aryl methyl sites for hydroxylation is 1. The van der Waals surface area contributed by atoms with E-state index in [9.17, 15) is 4.39 Å². The molecule has 0 bridgehead atoms. The highest BCUT2D eigenvalue weighted by atomic mass is 19.1. The van der Waals surface area contributed by atoms with Crippen LogP contribution in [0.5, 0.6) is 0 Å². The van der Waals surface area contributed by atoms with Crippen molar-refractivity contribution in [3.63, 3.8) is 0 Å². The van der Waals surface area contributed by atoms with Crippen molar-refractivity contribution in [3.05, 3.63) is 29.6 Å². The van der Waals surface area contributed by atoms with Gasteiger partial charge in [0.05, 0.1) is 0 Å². The fourth-order valence-electron chi connectivity index (χ4n) is 5.14. The minimum absolute atomic E-state index is 0.174. The van der Waals surface area contributed by atoms with Gasteiger partial charge in [-0.3, -0.25) is 0 Å². The highest BCUT2D eigenvalue weighted by Crippen LogP contribution is 2.30. The SMILES string of the molecule is CCC(C1CCCN1)N(CC1CCCCC1)c1nc(N)nc(Nc2ccc(C)c(F)c2)n1. The average molecular weight is 442 g/mol. The van der Waals surface area contributed by atoms with Crippen LogP contribution in [0.15, 0.2) is 18.2 Å². The van der Waals surface area contributed by atoms with Crippen LogP contribution in [-0.2, 0) is 0 Å². The van der Waals surface area contributed by atoms with Gasteiger partial charge in [-0.2, -0.15) is 15.0 Å². The lowest BCUT2D eigenvalue weighted by Gasteiger charge is -2.38. The first-order chi connectivity index (χ1) is 15.5. The quantitative estimate of drug-likeness (QED) is 0.553. The van der Waals surface area contributed by atoms with Crippen LogP contribution >= 0.6 is 0 Å². The number of aromatic nitrogens is 3. The molecule has 1 aliphatic heterocycles. The van der Waals surface area contributed by atoms with Gasteiger partial charge in [-0.25, -0.2) is 4.39 Å². The number of hydrogen-bond donors (Lipinski definition) is 3. The molecular weight excluding hydrogens is 405 g/mol. The van der Waals surface area contributed by atoms with E-state index in [2.05, 4.69) is 32.4 Å². The molecule has 2 atom stereocenters. The lowest BCUT2D eigenvalue weighted by Crippen LogP contribution is -2.50. The molecule has 0 spiro atoms. The van der Waals surface area contributed by atoms with Gasteiger partial charge in [0.25, 0.3) is 0 Å². The summed E-state index contributed by atoms with van der Waals surface area (Å²) in [4.78, 5) is 15.9. The standard InChI is InChI=1S/C24H36FN7/c1-3-21(20-10-7-13-27-20)32(15-17-8-5-4-6-9-17)24-30-22(26)29-23(31-24)28-18-12-11-16(2)19(25)14-18/h11-12,14,17,20-21,27H,3-10,13,15H2,1-2H3,(H3,26,28,29,30,31). The van der Waals surface area contributed by atoms with E-state index in [1.807, 2.05) is 6.07 Å². The summed E-state index contributed by atoms with van der Waals surface area (Å²) in [6.45, 7) is 5.96. The summed E-state index contributed by atoms with van der Waals surface area (Å²) in [5.74, 6) is 1.50. The predicted molar refractivity (Wildman–Crippen MR) is 128 cm³/mol. The molecule has 4 rings (SSSR count). The van der Waals surface area contributed by atoms with Gasteiger partial charge >= 0.3 is 0 Å². The summed E-state index contributed by atoms with van der Waals surface area (Å²) in [7, 11) is 0. The second-order valence-corrected chi connectivity index (χ2v) is 9.24. The van der Waals surface area contributed by atoms with Crippen molar-refractivity contribution in [1.29, 1.82) is 0 Å². The highest BCUT2D eigenvalue weighted by Gasteiger charge is 2.32. The van der Waals surface area contributed by atoms with Crippen LogP contribution in [0.25, 0.3) is 0 Å². The van der Waals surface area contributed by atoms with Crippen molar-refractivity contribution < 1.29 is 4.39 Å². The molecule has 2 aliphatic rings. The van der Waals surface area contributed by atoms with Crippen molar-refractivity contribution in [2.75, 3.05) is 29.0 Å². The second-order valence-electron chi connectivity index (χ2n) is 9.24. The Morgan fingerprint density at radius 3 is 2.66 bits per heavy atom. The third-order valence-corrected chi connectivity index (χ3v) is 6.89. The van der Waals surface area contributed by atoms with Gasteiger partial charge < -0.3 is 21.3 Å². The number of benzene rings is 1. The first kappa shape index (κ1) is 22.7. The molecule has 1 saturated carbocycles. The number of nitrogens with zero attached hydrogens (tertiary/aromatic N) is 4. The van der Waals surface area contributed by atoms with Gasteiger partial charge in [0.15, 0.2) is 0 Å². The fourth-order valence-corrected chi connectivity index (χ4v) is 5.14. The third kappa shape index (κ3) is 5.46. The van der Waals surface area contributed by atoms with E-state index < -0.39 is 0 Å². The Morgan fingerprint density at radius 1 is 1.16 bits per heavy atom. The molecule has 1 aromatic heterocycles. The van der Waals surface area contributed by atoms with Crippen LogP contribution in [0.2, 0.25) is 0 Å². The summed E-state index contributed by atoms with van der Waals surface area (Å²) >= 11 is 0. The van der Waals surface area contributed by atoms with Crippen molar-refractivity contribution in [2.45, 2.75) is 77.3 Å². The minimum atomic E-state index is -0.269. The largest absolute Gasteiger partial charge is 0.368 e. The summed E-state index contributed by atoms with van der Waals surface area (Å²) in [5, 5.41) is 6.79. The Balaban J connectivity index is 1.63. The number of anilines is 4. The molecule has 4 N–H and O–H groups in total. The third-order valence-electron chi connectivity index (χ3n) is 6.89. The van der Waals surface area contributed by atoms with Crippen LogP contribution in [0, 0.1) is 18.7 Å². The maximum absolute atomic E-state index is 14.0. The lowest BCUT2D eigenvalue weighted by molar-refractivity contribution is 0.332. The van der Waals surface area contributed by atoms with Gasteiger partial charge in [0.1, 0.15) is 5.82 Å². The fraction of sp³-hybridized carbons (Fsp3) is 0.625. The molecule has 1 aromatic carbocycles. The van der Waals surface area contributed by atoms with E-state index in [4.69, 9.17) is 10.7 Å². The molecule has 2 heterocycles. The monoisotopic (exact) mass is 441 g/mol. The Hall–Kier alpha value is -2.48. The van der Waals surface area contributed by atoms with Crippen molar-refractivity contribution in [2.24, 2.45) is 5.92 Å². The Labute approximate surface area is 190 Å². The van der Waals surface area contributed by atoms with Gasteiger partial charge in [0.2, 0.25) is 17.8 Å². The number of nitrogen functional groups attached to an aromatic ring is 1. The number of rotatable bonds is 8. The highest BCUT2D eigenvalue weighted by molar-refractivity contribution is 5.56. The lowest BCUT2D eigenvalue weighted by atomic mass is 9.88. The molecule has 2 unspecified atom stereocenters. The average Bonchev–Trinajstić information content (AvgIpc) is 3.31. The summed E-state index contributed by atoms with van der Waals surface area (Å²) < 4.78 is 14.0. The van der Waals surface area contributed by atoms with E-state index in [1.54, 1.807) is 13.0 Å². The topological polar surface area (TPSA) is 92.0 Å². The van der Waals surface area contributed by atoms with Gasteiger partial charge in [-0.05, 0) is 69.2 Å².